The third kappa shape index (κ3) is 10.7. The van der Waals surface area contributed by atoms with Crippen LogP contribution in [0.25, 0.3) is 0 Å². The molecule has 0 atom stereocenters. The Kier molecular flexibility index (Phi) is 12.2. The minimum absolute atomic E-state index is 0.150. The first kappa shape index (κ1) is 28.8. The van der Waals surface area contributed by atoms with E-state index in [0.29, 0.717) is 76.0 Å². The van der Waals surface area contributed by atoms with Crippen LogP contribution in [0.2, 0.25) is 0 Å². The highest BCUT2D eigenvalue weighted by Crippen LogP contribution is 2.13. The molecule has 3 rings (SSSR count). The van der Waals surface area contributed by atoms with Gasteiger partial charge in [-0.15, -0.1) is 0 Å². The Balaban J connectivity index is 1.49. The number of hydrogen-bond donors (Lipinski definition) is 5. The number of aromatic nitrogens is 3. The summed E-state index contributed by atoms with van der Waals surface area (Å²) in [4.78, 5) is 25.9. The number of nitrogens with two attached hydrogens (primary N) is 1. The zero-order valence-corrected chi connectivity index (χ0v) is 22.1. The van der Waals surface area contributed by atoms with E-state index in [4.69, 9.17) is 15.2 Å². The third-order valence-electron chi connectivity index (χ3n) is 5.18. The van der Waals surface area contributed by atoms with Crippen molar-refractivity contribution in [3.05, 3.63) is 71.3 Å². The number of nitrogens with one attached hydrogen (secondary N) is 4. The summed E-state index contributed by atoms with van der Waals surface area (Å²) in [5.41, 5.74) is 8.05. The van der Waals surface area contributed by atoms with E-state index in [-0.39, 0.29) is 11.9 Å². The second-order valence-corrected chi connectivity index (χ2v) is 8.76. The fourth-order valence-electron chi connectivity index (χ4n) is 3.33. The number of carbonyl (C=O) groups excluding carboxylic acids is 1. The lowest BCUT2D eigenvalue weighted by Gasteiger charge is -2.13. The van der Waals surface area contributed by atoms with Crippen molar-refractivity contribution in [1.29, 1.82) is 0 Å². The SMILES string of the molecule is CC(C)Nc1nc(NCc2ccccc2)nc(NCc2ccc(C(=O)NCCOCCOCCN)cc2)n1. The molecule has 0 saturated carbocycles. The van der Waals surface area contributed by atoms with Gasteiger partial charge in [-0.2, -0.15) is 15.0 Å². The van der Waals surface area contributed by atoms with E-state index in [1.54, 1.807) is 12.1 Å². The molecule has 1 amide bonds. The highest BCUT2D eigenvalue weighted by molar-refractivity contribution is 5.94. The third-order valence-corrected chi connectivity index (χ3v) is 5.18. The summed E-state index contributed by atoms with van der Waals surface area (Å²) in [5, 5.41) is 12.6. The summed E-state index contributed by atoms with van der Waals surface area (Å²) in [6.07, 6.45) is 0. The van der Waals surface area contributed by atoms with Crippen LogP contribution in [0, 0.1) is 0 Å². The average Bonchev–Trinajstić information content (AvgIpc) is 2.92. The minimum Gasteiger partial charge on any atom is -0.378 e. The van der Waals surface area contributed by atoms with Gasteiger partial charge in [0.25, 0.3) is 5.91 Å². The van der Waals surface area contributed by atoms with E-state index in [9.17, 15) is 4.79 Å². The number of ether oxygens (including phenoxy) is 2. The molecule has 0 spiro atoms. The van der Waals surface area contributed by atoms with Gasteiger partial charge in [-0.3, -0.25) is 4.79 Å². The predicted molar refractivity (Wildman–Crippen MR) is 149 cm³/mol. The molecular formula is C27H38N8O3. The zero-order valence-electron chi connectivity index (χ0n) is 22.1. The smallest absolute Gasteiger partial charge is 0.251 e. The van der Waals surface area contributed by atoms with Crippen molar-refractivity contribution in [2.75, 3.05) is 55.5 Å². The normalized spacial score (nSPS) is 10.8. The van der Waals surface area contributed by atoms with E-state index in [2.05, 4.69) is 36.2 Å². The molecule has 0 radical (unpaired) electrons. The molecule has 11 heteroatoms. The Labute approximate surface area is 224 Å². The van der Waals surface area contributed by atoms with Gasteiger partial charge in [0, 0.05) is 37.8 Å². The Hall–Kier alpha value is -3.80. The summed E-state index contributed by atoms with van der Waals surface area (Å²) in [7, 11) is 0. The topological polar surface area (TPSA) is 148 Å². The lowest BCUT2D eigenvalue weighted by atomic mass is 10.1. The lowest BCUT2D eigenvalue weighted by molar-refractivity contribution is 0.0511. The maximum atomic E-state index is 12.4. The fourth-order valence-corrected chi connectivity index (χ4v) is 3.33. The number of amides is 1. The summed E-state index contributed by atoms with van der Waals surface area (Å²) in [6.45, 7) is 7.96. The van der Waals surface area contributed by atoms with Crippen molar-refractivity contribution in [3.8, 4) is 0 Å². The highest BCUT2D eigenvalue weighted by atomic mass is 16.5. The first-order valence-corrected chi connectivity index (χ1v) is 12.8. The van der Waals surface area contributed by atoms with E-state index in [1.165, 1.54) is 0 Å². The van der Waals surface area contributed by atoms with Crippen LogP contribution in [0.5, 0.6) is 0 Å². The second-order valence-electron chi connectivity index (χ2n) is 8.76. The van der Waals surface area contributed by atoms with Gasteiger partial charge >= 0.3 is 0 Å². The van der Waals surface area contributed by atoms with Crippen LogP contribution in [0.1, 0.15) is 35.3 Å². The molecule has 2 aromatic carbocycles. The second kappa shape index (κ2) is 16.1. The number of carbonyl (C=O) groups is 1. The predicted octanol–water partition coefficient (Wildman–Crippen LogP) is 2.64. The molecule has 1 heterocycles. The number of benzene rings is 2. The van der Waals surface area contributed by atoms with Crippen LogP contribution in [0.15, 0.2) is 54.6 Å². The van der Waals surface area contributed by atoms with Crippen LogP contribution in [0.4, 0.5) is 17.8 Å². The van der Waals surface area contributed by atoms with Crippen LogP contribution in [-0.2, 0) is 22.6 Å². The largest absolute Gasteiger partial charge is 0.378 e. The van der Waals surface area contributed by atoms with Gasteiger partial charge in [-0.05, 0) is 37.1 Å². The molecule has 3 aromatic rings. The van der Waals surface area contributed by atoms with Crippen molar-refractivity contribution in [1.82, 2.24) is 20.3 Å². The van der Waals surface area contributed by atoms with Crippen LogP contribution in [0.3, 0.4) is 0 Å². The standard InChI is InChI=1S/C27H38N8O3/c1-20(2)32-27-34-25(30-18-21-6-4-3-5-7-21)33-26(35-27)31-19-22-8-10-23(11-9-22)24(36)29-13-15-38-17-16-37-14-12-28/h3-11,20H,12-19,28H2,1-2H3,(H,29,36)(H3,30,31,32,33,34,35). The van der Waals surface area contributed by atoms with Crippen molar-refractivity contribution in [3.63, 3.8) is 0 Å². The molecule has 1 aromatic heterocycles. The first-order chi connectivity index (χ1) is 18.5. The van der Waals surface area contributed by atoms with Crippen molar-refractivity contribution in [2.24, 2.45) is 5.73 Å². The molecule has 6 N–H and O–H groups in total. The highest BCUT2D eigenvalue weighted by Gasteiger charge is 2.09. The molecule has 0 fully saturated rings. The van der Waals surface area contributed by atoms with E-state index >= 15 is 0 Å². The monoisotopic (exact) mass is 522 g/mol. The molecule has 204 valence electrons. The number of anilines is 3. The summed E-state index contributed by atoms with van der Waals surface area (Å²) < 4.78 is 10.7. The van der Waals surface area contributed by atoms with E-state index < -0.39 is 0 Å². The van der Waals surface area contributed by atoms with Crippen molar-refractivity contribution >= 4 is 23.8 Å². The zero-order chi connectivity index (χ0) is 27.0. The lowest BCUT2D eigenvalue weighted by Crippen LogP contribution is -2.27. The van der Waals surface area contributed by atoms with Gasteiger partial charge in [0.15, 0.2) is 0 Å². The number of nitrogens with zero attached hydrogens (tertiary/aromatic N) is 3. The summed E-state index contributed by atoms with van der Waals surface area (Å²) in [5.74, 6) is 1.28. The van der Waals surface area contributed by atoms with Gasteiger partial charge in [0.05, 0.1) is 26.4 Å². The average molecular weight is 523 g/mol. The quantitative estimate of drug-likeness (QED) is 0.168. The number of rotatable bonds is 17. The van der Waals surface area contributed by atoms with Crippen LogP contribution >= 0.6 is 0 Å². The Morgan fingerprint density at radius 3 is 1.97 bits per heavy atom. The Morgan fingerprint density at radius 2 is 1.37 bits per heavy atom. The molecule has 0 unspecified atom stereocenters. The van der Waals surface area contributed by atoms with Gasteiger partial charge in [-0.25, -0.2) is 0 Å². The molecule has 0 aliphatic carbocycles. The van der Waals surface area contributed by atoms with Gasteiger partial charge in [0.1, 0.15) is 0 Å². The fraction of sp³-hybridized carbons (Fsp3) is 0.407. The molecule has 38 heavy (non-hydrogen) atoms. The van der Waals surface area contributed by atoms with Gasteiger partial charge in [0.2, 0.25) is 17.8 Å². The summed E-state index contributed by atoms with van der Waals surface area (Å²) in [6, 6.07) is 17.6. The van der Waals surface area contributed by atoms with Crippen LogP contribution < -0.4 is 27.0 Å². The summed E-state index contributed by atoms with van der Waals surface area (Å²) >= 11 is 0. The van der Waals surface area contributed by atoms with Crippen LogP contribution in [-0.4, -0.2) is 66.4 Å². The molecule has 0 bridgehead atoms. The van der Waals surface area contributed by atoms with E-state index in [1.807, 2.05) is 56.3 Å². The molecule has 0 saturated heterocycles. The van der Waals surface area contributed by atoms with Crippen molar-refractivity contribution < 1.29 is 14.3 Å². The maximum absolute atomic E-state index is 12.4. The molecule has 0 aliphatic rings. The minimum atomic E-state index is -0.150. The van der Waals surface area contributed by atoms with Gasteiger partial charge < -0.3 is 36.5 Å². The number of hydrogen-bond acceptors (Lipinski definition) is 10. The maximum Gasteiger partial charge on any atom is 0.251 e. The van der Waals surface area contributed by atoms with Gasteiger partial charge in [-0.1, -0.05) is 42.5 Å². The molecule has 0 aliphatic heterocycles. The van der Waals surface area contributed by atoms with Crippen molar-refractivity contribution in [2.45, 2.75) is 33.0 Å². The van der Waals surface area contributed by atoms with E-state index in [0.717, 1.165) is 11.1 Å². The Bertz CT molecular complexity index is 1100. The molecular weight excluding hydrogens is 484 g/mol. The molecule has 11 nitrogen and oxygen atoms in total. The Morgan fingerprint density at radius 1 is 0.789 bits per heavy atom. The first-order valence-electron chi connectivity index (χ1n) is 12.8.